The van der Waals surface area contributed by atoms with Gasteiger partial charge in [-0.2, -0.15) is 0 Å². The first-order valence-electron chi connectivity index (χ1n) is 6.54. The van der Waals surface area contributed by atoms with Gasteiger partial charge in [0.25, 0.3) is 0 Å². The van der Waals surface area contributed by atoms with Gasteiger partial charge in [0.15, 0.2) is 6.10 Å². The summed E-state index contributed by atoms with van der Waals surface area (Å²) in [6.07, 6.45) is 1.13. The fourth-order valence-electron chi connectivity index (χ4n) is 2.38. The molecule has 0 aliphatic carbocycles. The standard InChI is InChI=1S/C12H20N2O5/c13-12(3-5-18-6-4-12)11(17)14-7-8-1-2-9(19-8)10(15)16/h8-9H,1-7,13H2,(H,14,17)(H,15,16). The van der Waals surface area contributed by atoms with Gasteiger partial charge in [0.2, 0.25) is 5.91 Å². The van der Waals surface area contributed by atoms with Crippen LogP contribution in [0.3, 0.4) is 0 Å². The molecule has 4 N–H and O–H groups in total. The maximum absolute atomic E-state index is 12.0. The van der Waals surface area contributed by atoms with Gasteiger partial charge in [-0.25, -0.2) is 4.79 Å². The lowest BCUT2D eigenvalue weighted by atomic mass is 9.90. The number of amides is 1. The molecule has 2 unspecified atom stereocenters. The minimum Gasteiger partial charge on any atom is -0.479 e. The molecule has 2 aliphatic heterocycles. The number of hydrogen-bond donors (Lipinski definition) is 3. The van der Waals surface area contributed by atoms with Gasteiger partial charge in [-0.15, -0.1) is 0 Å². The molecule has 108 valence electrons. The van der Waals surface area contributed by atoms with Gasteiger partial charge in [0, 0.05) is 19.8 Å². The molecule has 0 aromatic rings. The topological polar surface area (TPSA) is 111 Å². The zero-order valence-corrected chi connectivity index (χ0v) is 10.8. The van der Waals surface area contributed by atoms with Crippen molar-refractivity contribution in [3.05, 3.63) is 0 Å². The number of ether oxygens (including phenoxy) is 2. The third kappa shape index (κ3) is 3.43. The Kier molecular flexibility index (Phi) is 4.38. The Bertz CT molecular complexity index is 354. The first-order chi connectivity index (χ1) is 9.01. The second kappa shape index (κ2) is 5.85. The highest BCUT2D eigenvalue weighted by Gasteiger charge is 2.37. The second-order valence-corrected chi connectivity index (χ2v) is 5.14. The van der Waals surface area contributed by atoms with Crippen molar-refractivity contribution in [3.8, 4) is 0 Å². The molecular weight excluding hydrogens is 252 g/mol. The molecule has 0 saturated carbocycles. The van der Waals surface area contributed by atoms with Crippen LogP contribution in [0.1, 0.15) is 25.7 Å². The molecular formula is C12H20N2O5. The lowest BCUT2D eigenvalue weighted by molar-refractivity contribution is -0.149. The highest BCUT2D eigenvalue weighted by molar-refractivity contribution is 5.86. The molecule has 7 nitrogen and oxygen atoms in total. The average Bonchev–Trinajstić information content (AvgIpc) is 2.85. The molecule has 2 atom stereocenters. The summed E-state index contributed by atoms with van der Waals surface area (Å²) in [5, 5.41) is 11.6. The summed E-state index contributed by atoms with van der Waals surface area (Å²) in [5.41, 5.74) is 5.16. The summed E-state index contributed by atoms with van der Waals surface area (Å²) < 4.78 is 10.5. The lowest BCUT2D eigenvalue weighted by Crippen LogP contribution is -2.57. The Hall–Kier alpha value is -1.18. The number of rotatable bonds is 4. The minimum absolute atomic E-state index is 0.210. The van der Waals surface area contributed by atoms with Gasteiger partial charge >= 0.3 is 5.97 Å². The van der Waals surface area contributed by atoms with E-state index in [0.717, 1.165) is 0 Å². The molecule has 2 rings (SSSR count). The predicted octanol–water partition coefficient (Wildman–Crippen LogP) is -0.757. The number of aliphatic carboxylic acids is 1. The Balaban J connectivity index is 1.76. The van der Waals surface area contributed by atoms with Crippen molar-refractivity contribution >= 4 is 11.9 Å². The van der Waals surface area contributed by atoms with Gasteiger partial charge < -0.3 is 25.6 Å². The largest absolute Gasteiger partial charge is 0.479 e. The fraction of sp³-hybridized carbons (Fsp3) is 0.833. The predicted molar refractivity (Wildman–Crippen MR) is 65.5 cm³/mol. The van der Waals surface area contributed by atoms with Crippen molar-refractivity contribution in [3.63, 3.8) is 0 Å². The van der Waals surface area contributed by atoms with Gasteiger partial charge in [-0.3, -0.25) is 4.79 Å². The molecule has 1 amide bonds. The number of carbonyl (C=O) groups excluding carboxylic acids is 1. The van der Waals surface area contributed by atoms with Crippen LogP contribution in [0.25, 0.3) is 0 Å². The van der Waals surface area contributed by atoms with Crippen LogP contribution in [0.5, 0.6) is 0 Å². The van der Waals surface area contributed by atoms with Crippen molar-refractivity contribution in [2.24, 2.45) is 5.73 Å². The van der Waals surface area contributed by atoms with Crippen molar-refractivity contribution < 1.29 is 24.2 Å². The Labute approximate surface area is 111 Å². The Morgan fingerprint density at radius 1 is 1.32 bits per heavy atom. The van der Waals surface area contributed by atoms with E-state index in [1.165, 1.54) is 0 Å². The third-order valence-corrected chi connectivity index (χ3v) is 3.71. The molecule has 0 aromatic carbocycles. The summed E-state index contributed by atoms with van der Waals surface area (Å²) in [6.45, 7) is 1.29. The second-order valence-electron chi connectivity index (χ2n) is 5.14. The van der Waals surface area contributed by atoms with Crippen LogP contribution in [0.15, 0.2) is 0 Å². The SMILES string of the molecule is NC1(C(=O)NCC2CCC(C(=O)O)O2)CCOCC1. The Morgan fingerprint density at radius 2 is 2.00 bits per heavy atom. The van der Waals surface area contributed by atoms with E-state index in [0.29, 0.717) is 45.4 Å². The smallest absolute Gasteiger partial charge is 0.332 e. The molecule has 19 heavy (non-hydrogen) atoms. The van der Waals surface area contributed by atoms with Crippen molar-refractivity contribution in [2.75, 3.05) is 19.8 Å². The van der Waals surface area contributed by atoms with E-state index in [9.17, 15) is 9.59 Å². The van der Waals surface area contributed by atoms with Crippen LogP contribution in [-0.2, 0) is 19.1 Å². The van der Waals surface area contributed by atoms with Crippen LogP contribution in [0, 0.1) is 0 Å². The molecule has 2 saturated heterocycles. The van der Waals surface area contributed by atoms with Crippen molar-refractivity contribution in [2.45, 2.75) is 43.4 Å². The van der Waals surface area contributed by atoms with Gasteiger partial charge in [-0.05, 0) is 25.7 Å². The van der Waals surface area contributed by atoms with E-state index < -0.39 is 17.6 Å². The number of hydrogen-bond acceptors (Lipinski definition) is 5. The van der Waals surface area contributed by atoms with Crippen LogP contribution in [0.2, 0.25) is 0 Å². The number of nitrogens with two attached hydrogens (primary N) is 1. The van der Waals surface area contributed by atoms with E-state index in [1.807, 2.05) is 0 Å². The van der Waals surface area contributed by atoms with Gasteiger partial charge in [-0.1, -0.05) is 0 Å². The number of carbonyl (C=O) groups is 2. The van der Waals surface area contributed by atoms with E-state index in [1.54, 1.807) is 0 Å². The summed E-state index contributed by atoms with van der Waals surface area (Å²) in [4.78, 5) is 22.8. The van der Waals surface area contributed by atoms with E-state index in [-0.39, 0.29) is 12.0 Å². The maximum atomic E-state index is 12.0. The molecule has 0 radical (unpaired) electrons. The molecule has 7 heteroatoms. The first kappa shape index (κ1) is 14.2. The Morgan fingerprint density at radius 3 is 2.58 bits per heavy atom. The summed E-state index contributed by atoms with van der Waals surface area (Å²) >= 11 is 0. The highest BCUT2D eigenvalue weighted by atomic mass is 16.5. The number of carboxylic acid groups (broad SMARTS) is 1. The lowest BCUT2D eigenvalue weighted by Gasteiger charge is -2.32. The third-order valence-electron chi connectivity index (χ3n) is 3.71. The van der Waals surface area contributed by atoms with Crippen LogP contribution < -0.4 is 11.1 Å². The van der Waals surface area contributed by atoms with Gasteiger partial charge in [0.1, 0.15) is 0 Å². The van der Waals surface area contributed by atoms with E-state index in [2.05, 4.69) is 5.32 Å². The quantitative estimate of drug-likeness (QED) is 0.620. The first-order valence-corrected chi connectivity index (χ1v) is 6.54. The van der Waals surface area contributed by atoms with Gasteiger partial charge in [0.05, 0.1) is 11.6 Å². The van der Waals surface area contributed by atoms with Crippen LogP contribution in [0.4, 0.5) is 0 Å². The van der Waals surface area contributed by atoms with E-state index in [4.69, 9.17) is 20.3 Å². The molecule has 2 heterocycles. The fourth-order valence-corrected chi connectivity index (χ4v) is 2.38. The molecule has 0 spiro atoms. The summed E-state index contributed by atoms with van der Waals surface area (Å²) in [7, 11) is 0. The molecule has 0 bridgehead atoms. The van der Waals surface area contributed by atoms with Crippen LogP contribution >= 0.6 is 0 Å². The van der Waals surface area contributed by atoms with E-state index >= 15 is 0 Å². The zero-order valence-electron chi connectivity index (χ0n) is 10.8. The average molecular weight is 272 g/mol. The monoisotopic (exact) mass is 272 g/mol. The number of nitrogens with one attached hydrogen (secondary N) is 1. The number of carboxylic acids is 1. The highest BCUT2D eigenvalue weighted by Crippen LogP contribution is 2.20. The summed E-state index contributed by atoms with van der Waals surface area (Å²) in [6, 6.07) is 0. The molecule has 2 aliphatic rings. The maximum Gasteiger partial charge on any atom is 0.332 e. The normalized spacial score (nSPS) is 29.9. The zero-order chi connectivity index (χ0) is 13.9. The minimum atomic E-state index is -0.950. The molecule has 2 fully saturated rings. The molecule has 0 aromatic heterocycles. The summed E-state index contributed by atoms with van der Waals surface area (Å²) in [5.74, 6) is -1.16. The van der Waals surface area contributed by atoms with Crippen molar-refractivity contribution in [1.29, 1.82) is 0 Å². The van der Waals surface area contributed by atoms with Crippen molar-refractivity contribution in [1.82, 2.24) is 5.32 Å². The van der Waals surface area contributed by atoms with Crippen LogP contribution in [-0.4, -0.2) is 54.5 Å².